The van der Waals surface area contributed by atoms with Crippen molar-refractivity contribution in [3.8, 4) is 5.88 Å². The molecule has 1 saturated heterocycles. The number of hydrogen-bond donors (Lipinski definition) is 1. The van der Waals surface area contributed by atoms with Gasteiger partial charge in [0.15, 0.2) is 0 Å². The van der Waals surface area contributed by atoms with E-state index in [4.69, 9.17) is 9.47 Å². The molecule has 1 aliphatic heterocycles. The van der Waals surface area contributed by atoms with Crippen molar-refractivity contribution in [3.63, 3.8) is 0 Å². The van der Waals surface area contributed by atoms with Gasteiger partial charge in [-0.1, -0.05) is 0 Å². The lowest BCUT2D eigenvalue weighted by Crippen LogP contribution is -2.31. The second kappa shape index (κ2) is 5.63. The lowest BCUT2D eigenvalue weighted by atomic mass is 10.2. The fourth-order valence-corrected chi connectivity index (χ4v) is 1.75. The van der Waals surface area contributed by atoms with Crippen LogP contribution in [0.1, 0.15) is 23.2 Å². The number of methoxy groups -OCH3 is 1. The Balaban J connectivity index is 1.85. The number of amides is 1. The molecule has 0 bridgehead atoms. The van der Waals surface area contributed by atoms with Crippen LogP contribution < -0.4 is 10.1 Å². The average molecular weight is 236 g/mol. The maximum absolute atomic E-state index is 11.8. The molecule has 92 valence electrons. The molecule has 0 saturated carbocycles. The molecule has 0 aromatic carbocycles. The zero-order chi connectivity index (χ0) is 12.1. The second-order valence-electron chi connectivity index (χ2n) is 3.93. The highest BCUT2D eigenvalue weighted by atomic mass is 16.5. The molecule has 1 amide bonds. The molecule has 5 heteroatoms. The van der Waals surface area contributed by atoms with Crippen LogP contribution >= 0.6 is 0 Å². The van der Waals surface area contributed by atoms with Crippen LogP contribution in [0.2, 0.25) is 0 Å². The second-order valence-corrected chi connectivity index (χ2v) is 3.93. The number of aromatic nitrogens is 1. The number of carbonyl (C=O) groups is 1. The maximum atomic E-state index is 11.8. The summed E-state index contributed by atoms with van der Waals surface area (Å²) in [7, 11) is 1.54. The summed E-state index contributed by atoms with van der Waals surface area (Å²) in [6, 6.07) is 3.36. The quantitative estimate of drug-likeness (QED) is 0.847. The molecule has 1 aliphatic rings. The van der Waals surface area contributed by atoms with E-state index in [0.29, 0.717) is 18.0 Å². The molecule has 0 aliphatic carbocycles. The number of pyridine rings is 1. The van der Waals surface area contributed by atoms with Crippen LogP contribution in [-0.4, -0.2) is 37.3 Å². The lowest BCUT2D eigenvalue weighted by Gasteiger charge is -2.10. The van der Waals surface area contributed by atoms with E-state index in [2.05, 4.69) is 10.3 Å². The SMILES string of the molecule is COc1ccc(C(=O)NC[C@@H]2CCCO2)cn1. The van der Waals surface area contributed by atoms with Crippen LogP contribution in [0, 0.1) is 0 Å². The van der Waals surface area contributed by atoms with E-state index in [1.54, 1.807) is 19.2 Å². The van der Waals surface area contributed by atoms with Gasteiger partial charge >= 0.3 is 0 Å². The van der Waals surface area contributed by atoms with E-state index in [9.17, 15) is 4.79 Å². The van der Waals surface area contributed by atoms with Crippen LogP contribution in [0.3, 0.4) is 0 Å². The third-order valence-electron chi connectivity index (χ3n) is 2.72. The monoisotopic (exact) mass is 236 g/mol. The standard InChI is InChI=1S/C12H16N2O3/c1-16-11-5-4-9(7-13-11)12(15)14-8-10-3-2-6-17-10/h4-5,7,10H,2-3,6,8H2,1H3,(H,14,15)/t10-/m0/s1. The summed E-state index contributed by atoms with van der Waals surface area (Å²) >= 11 is 0. The molecule has 0 radical (unpaired) electrons. The van der Waals surface area contributed by atoms with Gasteiger partial charge < -0.3 is 14.8 Å². The van der Waals surface area contributed by atoms with Gasteiger partial charge in [0.05, 0.1) is 18.8 Å². The third kappa shape index (κ3) is 3.17. The molecule has 0 spiro atoms. The van der Waals surface area contributed by atoms with Crippen LogP contribution in [0.25, 0.3) is 0 Å². The highest BCUT2D eigenvalue weighted by Gasteiger charge is 2.16. The van der Waals surface area contributed by atoms with Crippen LogP contribution in [0.15, 0.2) is 18.3 Å². The highest BCUT2D eigenvalue weighted by molar-refractivity contribution is 5.93. The summed E-state index contributed by atoms with van der Waals surface area (Å²) in [5, 5.41) is 2.83. The number of carbonyl (C=O) groups excluding carboxylic acids is 1. The number of ether oxygens (including phenoxy) is 2. The molecule has 1 atom stereocenters. The van der Waals surface area contributed by atoms with E-state index in [1.165, 1.54) is 6.20 Å². The lowest BCUT2D eigenvalue weighted by molar-refractivity contribution is 0.0857. The fraction of sp³-hybridized carbons (Fsp3) is 0.500. The molecule has 5 nitrogen and oxygen atoms in total. The Morgan fingerprint density at radius 2 is 2.53 bits per heavy atom. The van der Waals surface area contributed by atoms with Gasteiger partial charge in [-0.15, -0.1) is 0 Å². The van der Waals surface area contributed by atoms with Gasteiger partial charge in [-0.2, -0.15) is 0 Å². The molecule has 1 aromatic rings. The van der Waals surface area contributed by atoms with E-state index >= 15 is 0 Å². The summed E-state index contributed by atoms with van der Waals surface area (Å²) in [4.78, 5) is 15.7. The molecular formula is C12H16N2O3. The predicted molar refractivity (Wildman–Crippen MR) is 62.1 cm³/mol. The molecule has 17 heavy (non-hydrogen) atoms. The van der Waals surface area contributed by atoms with E-state index in [1.807, 2.05) is 0 Å². The number of nitrogens with zero attached hydrogens (tertiary/aromatic N) is 1. The van der Waals surface area contributed by atoms with Crippen molar-refractivity contribution in [1.29, 1.82) is 0 Å². The molecule has 2 heterocycles. The first-order chi connectivity index (χ1) is 8.29. The Bertz CT molecular complexity index is 372. The third-order valence-corrected chi connectivity index (χ3v) is 2.72. The Labute approximate surface area is 100 Å². The Morgan fingerprint density at radius 3 is 3.12 bits per heavy atom. The minimum atomic E-state index is -0.129. The largest absolute Gasteiger partial charge is 0.481 e. The average Bonchev–Trinajstić information content (AvgIpc) is 2.89. The zero-order valence-electron chi connectivity index (χ0n) is 9.81. The van der Waals surface area contributed by atoms with Crippen molar-refractivity contribution in [3.05, 3.63) is 23.9 Å². The summed E-state index contributed by atoms with van der Waals surface area (Å²) in [6.45, 7) is 1.36. The van der Waals surface area contributed by atoms with Crippen LogP contribution in [-0.2, 0) is 4.74 Å². The van der Waals surface area contributed by atoms with Crippen molar-refractivity contribution in [1.82, 2.24) is 10.3 Å². The van der Waals surface area contributed by atoms with Crippen LogP contribution in [0.4, 0.5) is 0 Å². The fourth-order valence-electron chi connectivity index (χ4n) is 1.75. The molecule has 0 unspecified atom stereocenters. The van der Waals surface area contributed by atoms with E-state index < -0.39 is 0 Å². The first-order valence-corrected chi connectivity index (χ1v) is 5.69. The summed E-state index contributed by atoms with van der Waals surface area (Å²) in [5.74, 6) is 0.372. The molecular weight excluding hydrogens is 220 g/mol. The van der Waals surface area contributed by atoms with Crippen molar-refractivity contribution in [2.75, 3.05) is 20.3 Å². The van der Waals surface area contributed by atoms with Gasteiger partial charge in [-0.25, -0.2) is 4.98 Å². The van der Waals surface area contributed by atoms with Gasteiger partial charge in [0.25, 0.3) is 5.91 Å². The van der Waals surface area contributed by atoms with Gasteiger partial charge in [-0.3, -0.25) is 4.79 Å². The number of nitrogens with one attached hydrogen (secondary N) is 1. The Morgan fingerprint density at radius 1 is 1.65 bits per heavy atom. The van der Waals surface area contributed by atoms with Crippen molar-refractivity contribution < 1.29 is 14.3 Å². The number of rotatable bonds is 4. The normalized spacial score (nSPS) is 19.0. The zero-order valence-corrected chi connectivity index (χ0v) is 9.81. The molecule has 2 rings (SSSR count). The van der Waals surface area contributed by atoms with Gasteiger partial charge in [0.1, 0.15) is 0 Å². The summed E-state index contributed by atoms with van der Waals surface area (Å²) in [6.07, 6.45) is 3.75. The van der Waals surface area contributed by atoms with Crippen molar-refractivity contribution >= 4 is 5.91 Å². The smallest absolute Gasteiger partial charge is 0.252 e. The molecule has 1 aromatic heterocycles. The Hall–Kier alpha value is -1.62. The first-order valence-electron chi connectivity index (χ1n) is 5.69. The summed E-state index contributed by atoms with van der Waals surface area (Å²) < 4.78 is 10.4. The van der Waals surface area contributed by atoms with Gasteiger partial charge in [0, 0.05) is 25.4 Å². The number of hydrogen-bond acceptors (Lipinski definition) is 4. The van der Waals surface area contributed by atoms with Crippen molar-refractivity contribution in [2.45, 2.75) is 18.9 Å². The minimum Gasteiger partial charge on any atom is -0.481 e. The minimum absolute atomic E-state index is 0.129. The van der Waals surface area contributed by atoms with Gasteiger partial charge in [0.2, 0.25) is 5.88 Å². The van der Waals surface area contributed by atoms with E-state index in [-0.39, 0.29) is 12.0 Å². The summed E-state index contributed by atoms with van der Waals surface area (Å²) in [5.41, 5.74) is 0.531. The molecule has 1 fully saturated rings. The maximum Gasteiger partial charge on any atom is 0.252 e. The predicted octanol–water partition coefficient (Wildman–Crippen LogP) is 0.999. The topological polar surface area (TPSA) is 60.5 Å². The first kappa shape index (κ1) is 11.9. The van der Waals surface area contributed by atoms with Crippen LogP contribution in [0.5, 0.6) is 5.88 Å². The highest BCUT2D eigenvalue weighted by Crippen LogP contribution is 2.11. The van der Waals surface area contributed by atoms with Gasteiger partial charge in [-0.05, 0) is 18.9 Å². The molecule has 1 N–H and O–H groups in total. The Kier molecular flexibility index (Phi) is 3.93. The van der Waals surface area contributed by atoms with E-state index in [0.717, 1.165) is 19.4 Å². The van der Waals surface area contributed by atoms with Crippen molar-refractivity contribution in [2.24, 2.45) is 0 Å².